The van der Waals surface area contributed by atoms with Gasteiger partial charge in [-0.2, -0.15) is 0 Å². The van der Waals surface area contributed by atoms with E-state index in [1.165, 1.54) is 38.1 Å². The van der Waals surface area contributed by atoms with Gasteiger partial charge in [0.05, 0.1) is 0 Å². The maximum Gasteiger partial charge on any atom is 0.123 e. The normalized spacial score (nSPS) is 19.4. The summed E-state index contributed by atoms with van der Waals surface area (Å²) >= 11 is 0. The Morgan fingerprint density at radius 1 is 1.25 bits per heavy atom. The monoisotopic (exact) mass is 279 g/mol. The summed E-state index contributed by atoms with van der Waals surface area (Å²) in [5, 5.41) is 0. The van der Waals surface area contributed by atoms with Crippen LogP contribution >= 0.6 is 0 Å². The molecule has 0 bridgehead atoms. The lowest BCUT2D eigenvalue weighted by molar-refractivity contribution is 0.188. The molecule has 2 atom stereocenters. The molecule has 1 saturated heterocycles. The Kier molecular flexibility index (Phi) is 5.52. The van der Waals surface area contributed by atoms with Crippen LogP contribution in [0.4, 0.5) is 4.39 Å². The van der Waals surface area contributed by atoms with Crippen molar-refractivity contribution in [3.8, 4) is 0 Å². The number of likely N-dealkylation sites (N-methyl/N-ethyl adjacent to an activating group) is 1. The number of halogens is 1. The lowest BCUT2D eigenvalue weighted by atomic mass is 9.99. The average Bonchev–Trinajstić information content (AvgIpc) is 2.92. The first-order chi connectivity index (χ1) is 9.58. The number of hydrogen-bond acceptors (Lipinski definition) is 3. The zero-order valence-electron chi connectivity index (χ0n) is 12.6. The third-order valence-corrected chi connectivity index (χ3v) is 4.15. The van der Waals surface area contributed by atoms with E-state index >= 15 is 0 Å². The van der Waals surface area contributed by atoms with Gasteiger partial charge in [-0.3, -0.25) is 4.90 Å². The minimum absolute atomic E-state index is 0.0176. The van der Waals surface area contributed by atoms with Crippen LogP contribution in [0.2, 0.25) is 0 Å². The van der Waals surface area contributed by atoms with Gasteiger partial charge < -0.3 is 10.6 Å². The summed E-state index contributed by atoms with van der Waals surface area (Å²) in [5.74, 6) is -0.197. The molecule has 1 aliphatic rings. The molecular weight excluding hydrogens is 253 g/mol. The first-order valence-corrected chi connectivity index (χ1v) is 7.51. The predicted molar refractivity (Wildman–Crippen MR) is 81.1 cm³/mol. The van der Waals surface area contributed by atoms with Crippen LogP contribution in [0.15, 0.2) is 24.3 Å². The molecule has 1 aromatic carbocycles. The molecule has 1 heterocycles. The van der Waals surface area contributed by atoms with E-state index in [1.807, 2.05) is 19.1 Å². The Bertz CT molecular complexity index is 399. The summed E-state index contributed by atoms with van der Waals surface area (Å²) in [4.78, 5) is 4.79. The molecule has 0 radical (unpaired) electrons. The van der Waals surface area contributed by atoms with Crippen LogP contribution in [0.1, 0.15) is 31.4 Å². The van der Waals surface area contributed by atoms with Crippen molar-refractivity contribution >= 4 is 0 Å². The van der Waals surface area contributed by atoms with Crippen LogP contribution in [0.3, 0.4) is 0 Å². The van der Waals surface area contributed by atoms with E-state index in [2.05, 4.69) is 16.8 Å². The van der Waals surface area contributed by atoms with E-state index < -0.39 is 0 Å². The highest BCUT2D eigenvalue weighted by Gasteiger charge is 2.22. The zero-order valence-corrected chi connectivity index (χ0v) is 12.6. The fourth-order valence-electron chi connectivity index (χ4n) is 3.06. The zero-order chi connectivity index (χ0) is 14.5. The summed E-state index contributed by atoms with van der Waals surface area (Å²) in [6, 6.07) is 6.87. The number of nitrogens with zero attached hydrogens (tertiary/aromatic N) is 2. The molecule has 3 nitrogen and oxygen atoms in total. The van der Waals surface area contributed by atoms with Gasteiger partial charge in [0, 0.05) is 25.2 Å². The molecule has 2 N–H and O–H groups in total. The summed E-state index contributed by atoms with van der Waals surface area (Å²) in [5.41, 5.74) is 7.23. The van der Waals surface area contributed by atoms with Crippen LogP contribution in [0.25, 0.3) is 0 Å². The van der Waals surface area contributed by atoms with Crippen LogP contribution in [-0.4, -0.2) is 49.1 Å². The molecule has 112 valence electrons. The number of nitrogens with two attached hydrogens (primary N) is 1. The van der Waals surface area contributed by atoms with Gasteiger partial charge in [0.25, 0.3) is 0 Å². The first kappa shape index (κ1) is 15.4. The Labute approximate surface area is 121 Å². The third-order valence-electron chi connectivity index (χ3n) is 4.15. The largest absolute Gasteiger partial charge is 0.326 e. The average molecular weight is 279 g/mol. The minimum atomic E-state index is -0.197. The minimum Gasteiger partial charge on any atom is -0.326 e. The van der Waals surface area contributed by atoms with Crippen LogP contribution in [-0.2, 0) is 0 Å². The second kappa shape index (κ2) is 7.16. The van der Waals surface area contributed by atoms with E-state index in [0.717, 1.165) is 18.7 Å². The van der Waals surface area contributed by atoms with Crippen LogP contribution in [0.5, 0.6) is 0 Å². The molecule has 4 heteroatoms. The molecule has 1 fully saturated rings. The van der Waals surface area contributed by atoms with Crippen molar-refractivity contribution in [3.63, 3.8) is 0 Å². The van der Waals surface area contributed by atoms with Gasteiger partial charge in [-0.15, -0.1) is 0 Å². The summed E-state index contributed by atoms with van der Waals surface area (Å²) in [7, 11) is 2.10. The van der Waals surface area contributed by atoms with E-state index in [9.17, 15) is 4.39 Å². The van der Waals surface area contributed by atoms with Crippen molar-refractivity contribution in [2.24, 2.45) is 5.73 Å². The van der Waals surface area contributed by atoms with Crippen molar-refractivity contribution in [1.82, 2.24) is 9.80 Å². The molecule has 0 aromatic heterocycles. The highest BCUT2D eigenvalue weighted by Crippen LogP contribution is 2.22. The van der Waals surface area contributed by atoms with Gasteiger partial charge in [-0.25, -0.2) is 4.39 Å². The van der Waals surface area contributed by atoms with Crippen LogP contribution < -0.4 is 5.73 Å². The Hall–Kier alpha value is -0.970. The van der Waals surface area contributed by atoms with E-state index in [0.29, 0.717) is 0 Å². The number of rotatable bonds is 6. The molecule has 2 rings (SSSR count). The Morgan fingerprint density at radius 3 is 2.40 bits per heavy atom. The molecule has 0 spiro atoms. The molecule has 20 heavy (non-hydrogen) atoms. The summed E-state index contributed by atoms with van der Waals surface area (Å²) in [6.07, 6.45) is 2.64. The SMILES string of the molecule is CC(N)C(c1ccc(F)cc1)N(C)CCN1CCCC1. The molecular formula is C16H26FN3. The fourth-order valence-corrected chi connectivity index (χ4v) is 3.06. The molecule has 0 aliphatic carbocycles. The van der Waals surface area contributed by atoms with Crippen molar-refractivity contribution in [1.29, 1.82) is 0 Å². The van der Waals surface area contributed by atoms with E-state index in [4.69, 9.17) is 5.73 Å². The topological polar surface area (TPSA) is 32.5 Å². The number of likely N-dealkylation sites (tertiary alicyclic amines) is 1. The smallest absolute Gasteiger partial charge is 0.123 e. The van der Waals surface area contributed by atoms with Gasteiger partial charge in [-0.05, 0) is 57.6 Å². The lowest BCUT2D eigenvalue weighted by Crippen LogP contribution is -2.40. The van der Waals surface area contributed by atoms with Gasteiger partial charge in [0.2, 0.25) is 0 Å². The van der Waals surface area contributed by atoms with Crippen molar-refractivity contribution < 1.29 is 4.39 Å². The molecule has 1 aliphatic heterocycles. The molecule has 1 aromatic rings. The molecule has 0 amide bonds. The van der Waals surface area contributed by atoms with Crippen molar-refractivity contribution in [2.45, 2.75) is 31.8 Å². The van der Waals surface area contributed by atoms with Gasteiger partial charge in [0.1, 0.15) is 5.82 Å². The number of hydrogen-bond donors (Lipinski definition) is 1. The second-order valence-electron chi connectivity index (χ2n) is 5.88. The Balaban J connectivity index is 1.97. The summed E-state index contributed by atoms with van der Waals surface area (Å²) in [6.45, 7) is 6.52. The van der Waals surface area contributed by atoms with Crippen LogP contribution in [0, 0.1) is 5.82 Å². The molecule has 2 unspecified atom stereocenters. The van der Waals surface area contributed by atoms with Crippen molar-refractivity contribution in [3.05, 3.63) is 35.6 Å². The fraction of sp³-hybridized carbons (Fsp3) is 0.625. The highest BCUT2D eigenvalue weighted by atomic mass is 19.1. The standard InChI is InChI=1S/C16H26FN3/c1-13(18)16(14-5-7-15(17)8-6-14)19(2)11-12-20-9-3-4-10-20/h5-8,13,16H,3-4,9-12,18H2,1-2H3. The second-order valence-corrected chi connectivity index (χ2v) is 5.88. The van der Waals surface area contributed by atoms with Gasteiger partial charge in [0.15, 0.2) is 0 Å². The van der Waals surface area contributed by atoms with Gasteiger partial charge in [-0.1, -0.05) is 12.1 Å². The summed E-state index contributed by atoms with van der Waals surface area (Å²) < 4.78 is 13.1. The lowest BCUT2D eigenvalue weighted by Gasteiger charge is -2.32. The third kappa shape index (κ3) is 4.01. The quantitative estimate of drug-likeness (QED) is 0.867. The van der Waals surface area contributed by atoms with Gasteiger partial charge >= 0.3 is 0 Å². The maximum atomic E-state index is 13.1. The maximum absolute atomic E-state index is 13.1. The predicted octanol–water partition coefficient (Wildman–Crippen LogP) is 2.24. The van der Waals surface area contributed by atoms with Crippen molar-refractivity contribution in [2.75, 3.05) is 33.2 Å². The first-order valence-electron chi connectivity index (χ1n) is 7.51. The Morgan fingerprint density at radius 2 is 1.85 bits per heavy atom. The number of benzene rings is 1. The van der Waals surface area contributed by atoms with E-state index in [1.54, 1.807) is 0 Å². The van der Waals surface area contributed by atoms with E-state index in [-0.39, 0.29) is 17.9 Å². The molecule has 0 saturated carbocycles. The highest BCUT2D eigenvalue weighted by molar-refractivity contribution is 5.21.